The first-order chi connectivity index (χ1) is 13.2. The fourth-order valence-corrected chi connectivity index (χ4v) is 2.83. The van der Waals surface area contributed by atoms with Crippen LogP contribution in [-0.4, -0.2) is 37.1 Å². The second kappa shape index (κ2) is 9.85. The van der Waals surface area contributed by atoms with Gasteiger partial charge in [-0.3, -0.25) is 9.59 Å². The van der Waals surface area contributed by atoms with Crippen LogP contribution in [0.2, 0.25) is 0 Å². The maximum Gasteiger partial charge on any atom is 0.245 e. The normalized spacial score (nSPS) is 19.4. The Kier molecular flexibility index (Phi) is 6.96. The van der Waals surface area contributed by atoms with E-state index in [0.717, 1.165) is 11.1 Å². The number of nitrogens with one attached hydrogen (secondary N) is 2. The summed E-state index contributed by atoms with van der Waals surface area (Å²) in [5, 5.41) is 5.48. The lowest BCUT2D eigenvalue weighted by Crippen LogP contribution is -2.63. The predicted octanol–water partition coefficient (Wildman–Crippen LogP) is 1.79. The molecule has 0 spiro atoms. The molecule has 142 valence electrons. The molecule has 6 nitrogen and oxygen atoms in total. The SMILES string of the molecule is O=C1N[C@H](COCc2ccccc2)C(=O)NC1CCOCc1ccccc1. The van der Waals surface area contributed by atoms with Crippen molar-refractivity contribution in [3.8, 4) is 0 Å². The number of hydrogen-bond acceptors (Lipinski definition) is 4. The van der Waals surface area contributed by atoms with E-state index >= 15 is 0 Å². The Labute approximate surface area is 158 Å². The molecule has 0 aliphatic carbocycles. The van der Waals surface area contributed by atoms with Gasteiger partial charge in [-0.05, 0) is 17.5 Å². The van der Waals surface area contributed by atoms with Gasteiger partial charge in [-0.2, -0.15) is 0 Å². The number of benzene rings is 2. The topological polar surface area (TPSA) is 76.7 Å². The van der Waals surface area contributed by atoms with Crippen molar-refractivity contribution in [1.29, 1.82) is 0 Å². The summed E-state index contributed by atoms with van der Waals surface area (Å²) >= 11 is 0. The maximum absolute atomic E-state index is 12.2. The average Bonchev–Trinajstić information content (AvgIpc) is 2.70. The minimum Gasteiger partial charge on any atom is -0.377 e. The van der Waals surface area contributed by atoms with Gasteiger partial charge in [0.15, 0.2) is 0 Å². The van der Waals surface area contributed by atoms with Crippen molar-refractivity contribution in [3.63, 3.8) is 0 Å². The van der Waals surface area contributed by atoms with Gasteiger partial charge in [0, 0.05) is 6.61 Å². The Morgan fingerprint density at radius 1 is 0.704 bits per heavy atom. The van der Waals surface area contributed by atoms with E-state index in [0.29, 0.717) is 26.2 Å². The summed E-state index contributed by atoms with van der Waals surface area (Å²) in [6, 6.07) is 18.3. The second-order valence-corrected chi connectivity index (χ2v) is 6.45. The number of ether oxygens (including phenoxy) is 2. The number of rotatable bonds is 9. The molecule has 1 aliphatic rings. The predicted molar refractivity (Wildman–Crippen MR) is 101 cm³/mol. The molecule has 1 saturated heterocycles. The van der Waals surface area contributed by atoms with Gasteiger partial charge in [0.05, 0.1) is 19.8 Å². The second-order valence-electron chi connectivity index (χ2n) is 6.45. The zero-order valence-electron chi connectivity index (χ0n) is 15.1. The summed E-state index contributed by atoms with van der Waals surface area (Å²) in [5.41, 5.74) is 2.10. The Balaban J connectivity index is 1.36. The highest BCUT2D eigenvalue weighted by Gasteiger charge is 2.33. The van der Waals surface area contributed by atoms with E-state index in [-0.39, 0.29) is 18.4 Å². The number of piperazine rings is 1. The summed E-state index contributed by atoms with van der Waals surface area (Å²) in [6.45, 7) is 1.42. The van der Waals surface area contributed by atoms with Gasteiger partial charge in [0.25, 0.3) is 0 Å². The van der Waals surface area contributed by atoms with E-state index in [4.69, 9.17) is 9.47 Å². The monoisotopic (exact) mass is 368 g/mol. The van der Waals surface area contributed by atoms with Crippen molar-refractivity contribution in [2.45, 2.75) is 31.7 Å². The molecule has 27 heavy (non-hydrogen) atoms. The first-order valence-electron chi connectivity index (χ1n) is 9.06. The van der Waals surface area contributed by atoms with Crippen LogP contribution >= 0.6 is 0 Å². The zero-order chi connectivity index (χ0) is 18.9. The van der Waals surface area contributed by atoms with Gasteiger partial charge in [-0.15, -0.1) is 0 Å². The van der Waals surface area contributed by atoms with E-state index < -0.39 is 12.1 Å². The van der Waals surface area contributed by atoms with Crippen LogP contribution in [0.1, 0.15) is 17.5 Å². The van der Waals surface area contributed by atoms with Gasteiger partial charge >= 0.3 is 0 Å². The van der Waals surface area contributed by atoms with Crippen LogP contribution in [0.25, 0.3) is 0 Å². The minimum atomic E-state index is -0.664. The maximum atomic E-state index is 12.2. The van der Waals surface area contributed by atoms with Crippen LogP contribution < -0.4 is 10.6 Å². The summed E-state index contributed by atoms with van der Waals surface area (Å²) in [5.74, 6) is -0.429. The third-order valence-corrected chi connectivity index (χ3v) is 4.32. The van der Waals surface area contributed by atoms with Crippen LogP contribution in [0.3, 0.4) is 0 Å². The van der Waals surface area contributed by atoms with Crippen molar-refractivity contribution in [3.05, 3.63) is 71.8 Å². The van der Waals surface area contributed by atoms with Crippen molar-refractivity contribution < 1.29 is 19.1 Å². The van der Waals surface area contributed by atoms with E-state index in [1.165, 1.54) is 0 Å². The lowest BCUT2D eigenvalue weighted by molar-refractivity contribution is -0.139. The van der Waals surface area contributed by atoms with Crippen LogP contribution in [0.15, 0.2) is 60.7 Å². The van der Waals surface area contributed by atoms with Gasteiger partial charge in [-0.25, -0.2) is 0 Å². The molecule has 6 heteroatoms. The Bertz CT molecular complexity index is 736. The molecule has 2 atom stereocenters. The molecule has 3 rings (SSSR count). The summed E-state index contributed by atoms with van der Waals surface area (Å²) in [4.78, 5) is 24.4. The molecule has 2 aromatic rings. The van der Waals surface area contributed by atoms with Crippen molar-refractivity contribution in [1.82, 2.24) is 10.6 Å². The summed E-state index contributed by atoms with van der Waals surface area (Å²) in [7, 11) is 0. The highest BCUT2D eigenvalue weighted by molar-refractivity contribution is 5.96. The largest absolute Gasteiger partial charge is 0.377 e. The first-order valence-corrected chi connectivity index (χ1v) is 9.06. The first kappa shape index (κ1) is 19.1. The van der Waals surface area contributed by atoms with Gasteiger partial charge in [0.1, 0.15) is 12.1 Å². The van der Waals surface area contributed by atoms with Gasteiger partial charge in [0.2, 0.25) is 11.8 Å². The van der Waals surface area contributed by atoms with Crippen molar-refractivity contribution in [2.75, 3.05) is 13.2 Å². The standard InChI is InChI=1S/C21H24N2O4/c24-20-18(11-12-26-13-16-7-3-1-4-8-16)22-21(25)19(23-20)15-27-14-17-9-5-2-6-10-17/h1-10,18-19H,11-15H2,(H,22,25)(H,23,24)/t18?,19-/m1/s1. The highest BCUT2D eigenvalue weighted by Crippen LogP contribution is 2.06. The molecule has 0 bridgehead atoms. The van der Waals surface area contributed by atoms with Gasteiger partial charge in [-0.1, -0.05) is 60.7 Å². The fraction of sp³-hybridized carbons (Fsp3) is 0.333. The summed E-state index contributed by atoms with van der Waals surface area (Å²) in [6.07, 6.45) is 0.433. The molecule has 1 aliphatic heterocycles. The Morgan fingerprint density at radius 2 is 1.22 bits per heavy atom. The quantitative estimate of drug-likeness (QED) is 0.662. The van der Waals surface area contributed by atoms with E-state index in [2.05, 4.69) is 10.6 Å². The smallest absolute Gasteiger partial charge is 0.245 e. The van der Waals surface area contributed by atoms with E-state index in [1.807, 2.05) is 60.7 Å². The molecular weight excluding hydrogens is 344 g/mol. The molecule has 2 N–H and O–H groups in total. The molecule has 0 aromatic heterocycles. The fourth-order valence-electron chi connectivity index (χ4n) is 2.83. The number of carbonyl (C=O) groups is 2. The molecule has 1 unspecified atom stereocenters. The lowest BCUT2D eigenvalue weighted by atomic mass is 10.1. The number of hydrogen-bond donors (Lipinski definition) is 2. The molecular formula is C21H24N2O4. The van der Waals surface area contributed by atoms with Crippen LogP contribution in [-0.2, 0) is 32.3 Å². The third kappa shape index (κ3) is 5.91. The Hall–Kier alpha value is -2.70. The van der Waals surface area contributed by atoms with E-state index in [1.54, 1.807) is 0 Å². The molecule has 1 heterocycles. The Morgan fingerprint density at radius 3 is 1.85 bits per heavy atom. The van der Waals surface area contributed by atoms with Crippen molar-refractivity contribution in [2.24, 2.45) is 0 Å². The average molecular weight is 368 g/mol. The van der Waals surface area contributed by atoms with Gasteiger partial charge < -0.3 is 20.1 Å². The van der Waals surface area contributed by atoms with Crippen LogP contribution in [0.5, 0.6) is 0 Å². The molecule has 2 aromatic carbocycles. The highest BCUT2D eigenvalue weighted by atomic mass is 16.5. The zero-order valence-corrected chi connectivity index (χ0v) is 15.1. The third-order valence-electron chi connectivity index (χ3n) is 4.32. The van der Waals surface area contributed by atoms with Crippen molar-refractivity contribution >= 4 is 11.8 Å². The molecule has 2 amide bonds. The number of amides is 2. The molecule has 0 saturated carbocycles. The van der Waals surface area contributed by atoms with Crippen LogP contribution in [0, 0.1) is 0 Å². The molecule has 1 fully saturated rings. The summed E-state index contributed by atoms with van der Waals surface area (Å²) < 4.78 is 11.2. The van der Waals surface area contributed by atoms with E-state index in [9.17, 15) is 9.59 Å². The van der Waals surface area contributed by atoms with Crippen LogP contribution in [0.4, 0.5) is 0 Å². The number of carbonyl (C=O) groups excluding carboxylic acids is 2. The lowest BCUT2D eigenvalue weighted by Gasteiger charge is -2.29. The molecule has 0 radical (unpaired) electrons. The minimum absolute atomic E-state index is 0.143.